The molecule has 0 aromatic heterocycles. The van der Waals surface area contributed by atoms with Crippen LogP contribution >= 0.6 is 23.2 Å². The summed E-state index contributed by atoms with van der Waals surface area (Å²) >= 11 is 12.3. The van der Waals surface area contributed by atoms with Crippen LogP contribution in [-0.2, 0) is 11.2 Å². The number of carbonyl (C=O) groups is 1. The van der Waals surface area contributed by atoms with E-state index in [-0.39, 0.29) is 41.5 Å². The van der Waals surface area contributed by atoms with Gasteiger partial charge in [0.15, 0.2) is 0 Å². The van der Waals surface area contributed by atoms with Crippen molar-refractivity contribution in [2.75, 3.05) is 32.7 Å². The second kappa shape index (κ2) is 13.8. The summed E-state index contributed by atoms with van der Waals surface area (Å²) in [6.45, 7) is 6.40. The number of carboxylic acids is 1. The Bertz CT molecular complexity index is 1010. The van der Waals surface area contributed by atoms with Crippen LogP contribution in [0, 0.1) is 18.7 Å². The molecule has 1 atom stereocenters. The zero-order valence-electron chi connectivity index (χ0n) is 21.0. The molecular weight excluding hydrogens is 513 g/mol. The van der Waals surface area contributed by atoms with Crippen LogP contribution in [0.5, 0.6) is 5.75 Å². The van der Waals surface area contributed by atoms with Gasteiger partial charge in [0, 0.05) is 25.2 Å². The first-order valence-electron chi connectivity index (χ1n) is 12.3. The largest absolute Gasteiger partial charge is 1.00 e. The zero-order valence-corrected chi connectivity index (χ0v) is 24.5. The average Bonchev–Trinajstić information content (AvgIpc) is 2.85. The molecule has 2 aliphatic rings. The number of likely N-dealkylation sites (tertiary alicyclic amines) is 2. The second-order valence-electron chi connectivity index (χ2n) is 9.75. The van der Waals surface area contributed by atoms with Gasteiger partial charge >= 0.3 is 29.6 Å². The van der Waals surface area contributed by atoms with Gasteiger partial charge in [-0.25, -0.2) is 4.39 Å². The minimum Gasteiger partial charge on any atom is -0.548 e. The smallest absolute Gasteiger partial charge is 0.548 e. The number of piperidine rings is 2. The molecule has 2 heterocycles. The first-order chi connectivity index (χ1) is 16.8. The summed E-state index contributed by atoms with van der Waals surface area (Å²) < 4.78 is 19.4. The number of ether oxygens (including phenoxy) is 1. The molecule has 9 heteroatoms. The Morgan fingerprint density at radius 3 is 2.31 bits per heavy atom. The first kappa shape index (κ1) is 29.7. The maximum absolute atomic E-state index is 13.2. The second-order valence-corrected chi connectivity index (χ2v) is 10.5. The number of nitrogens with zero attached hydrogens (tertiary/aromatic N) is 2. The van der Waals surface area contributed by atoms with Crippen LogP contribution in [0.2, 0.25) is 10.0 Å². The predicted octanol–water partition coefficient (Wildman–Crippen LogP) is 1.36. The van der Waals surface area contributed by atoms with E-state index < -0.39 is 12.0 Å². The molecular formula is C27H32Cl2FN2NaO3. The van der Waals surface area contributed by atoms with E-state index in [1.165, 1.54) is 12.1 Å². The molecule has 0 saturated carbocycles. The van der Waals surface area contributed by atoms with Gasteiger partial charge in [0.2, 0.25) is 0 Å². The quantitative estimate of drug-likeness (QED) is 0.470. The number of benzene rings is 2. The van der Waals surface area contributed by atoms with Gasteiger partial charge in [0.1, 0.15) is 17.7 Å². The van der Waals surface area contributed by atoms with Gasteiger partial charge in [0.05, 0.1) is 22.1 Å². The van der Waals surface area contributed by atoms with Crippen LogP contribution in [0.3, 0.4) is 0 Å². The summed E-state index contributed by atoms with van der Waals surface area (Å²) in [6.07, 6.45) is 4.35. The van der Waals surface area contributed by atoms with E-state index in [9.17, 15) is 14.3 Å². The SMILES string of the molecule is Cc1c(OC2CCN(CC3CCN([C@@H](Cc4ccc(F)cc4)C(=O)[O-])CC3)CC2)ccc(Cl)c1Cl.[Na+]. The van der Waals surface area contributed by atoms with Crippen molar-refractivity contribution in [2.24, 2.45) is 5.92 Å². The van der Waals surface area contributed by atoms with Crippen molar-refractivity contribution in [3.63, 3.8) is 0 Å². The van der Waals surface area contributed by atoms with Crippen molar-refractivity contribution in [1.82, 2.24) is 9.80 Å². The topological polar surface area (TPSA) is 55.8 Å². The number of rotatable bonds is 8. The molecule has 2 aromatic rings. The molecule has 190 valence electrons. The molecule has 0 aliphatic carbocycles. The molecule has 2 fully saturated rings. The molecule has 2 aromatic carbocycles. The van der Waals surface area contributed by atoms with E-state index in [2.05, 4.69) is 4.90 Å². The van der Waals surface area contributed by atoms with Crippen LogP contribution < -0.4 is 39.4 Å². The van der Waals surface area contributed by atoms with Crippen molar-refractivity contribution >= 4 is 29.2 Å². The number of carbonyl (C=O) groups excluding carboxylic acids is 1. The fourth-order valence-corrected chi connectivity index (χ4v) is 5.53. The normalized spacial score (nSPS) is 19.0. The molecule has 36 heavy (non-hydrogen) atoms. The van der Waals surface area contributed by atoms with E-state index in [1.807, 2.05) is 17.9 Å². The van der Waals surface area contributed by atoms with Gasteiger partial charge in [-0.3, -0.25) is 4.90 Å². The summed E-state index contributed by atoms with van der Waals surface area (Å²) in [4.78, 5) is 16.3. The fourth-order valence-electron chi connectivity index (χ4n) is 5.17. The minimum absolute atomic E-state index is 0. The summed E-state index contributed by atoms with van der Waals surface area (Å²) in [6, 6.07) is 9.02. The van der Waals surface area contributed by atoms with Crippen LogP contribution in [0.4, 0.5) is 4.39 Å². The van der Waals surface area contributed by atoms with Crippen LogP contribution in [0.15, 0.2) is 36.4 Å². The summed E-state index contributed by atoms with van der Waals surface area (Å²) in [5.41, 5.74) is 1.69. The molecule has 2 aliphatic heterocycles. The monoisotopic (exact) mass is 544 g/mol. The molecule has 0 bridgehead atoms. The van der Waals surface area contributed by atoms with Crippen LogP contribution in [-0.4, -0.2) is 60.6 Å². The number of carboxylic acid groups (broad SMARTS) is 1. The molecule has 0 unspecified atom stereocenters. The van der Waals surface area contributed by atoms with Crippen molar-refractivity contribution in [3.8, 4) is 5.75 Å². The maximum atomic E-state index is 13.2. The van der Waals surface area contributed by atoms with Gasteiger partial charge in [-0.1, -0.05) is 35.3 Å². The first-order valence-corrected chi connectivity index (χ1v) is 13.1. The molecule has 4 rings (SSSR count). The minimum atomic E-state index is -1.06. The van der Waals surface area contributed by atoms with Gasteiger partial charge in [-0.2, -0.15) is 0 Å². The molecule has 0 spiro atoms. The third kappa shape index (κ3) is 7.83. The van der Waals surface area contributed by atoms with Crippen molar-refractivity contribution in [1.29, 1.82) is 0 Å². The average molecular weight is 545 g/mol. The van der Waals surface area contributed by atoms with Gasteiger partial charge < -0.3 is 19.5 Å². The maximum Gasteiger partial charge on any atom is 1.00 e. The third-order valence-electron chi connectivity index (χ3n) is 7.34. The van der Waals surface area contributed by atoms with Crippen molar-refractivity contribution in [3.05, 3.63) is 63.4 Å². The Hall–Kier alpha value is -0.860. The standard InChI is InChI=1S/C27H33Cl2FN2O3.Na/c1-18-25(7-6-23(28)26(18)29)35-22-10-12-31(13-11-22)17-20-8-14-32(15-9-20)24(27(33)34)16-19-2-4-21(30)5-3-19;/h2-7,20,22,24H,8-17H2,1H3,(H,33,34);/q;+1/p-1/t24-;/m0./s1. The number of halogens is 3. The zero-order chi connectivity index (χ0) is 24.9. The third-order valence-corrected chi connectivity index (χ3v) is 8.24. The Balaban J connectivity index is 0.00000361. The molecule has 0 radical (unpaired) electrons. The van der Waals surface area contributed by atoms with Crippen LogP contribution in [0.25, 0.3) is 0 Å². The van der Waals surface area contributed by atoms with Gasteiger partial charge in [-0.05, 0) is 87.9 Å². The van der Waals surface area contributed by atoms with E-state index in [4.69, 9.17) is 27.9 Å². The number of aliphatic carboxylic acids is 1. The van der Waals surface area contributed by atoms with E-state index in [0.717, 1.165) is 75.3 Å². The van der Waals surface area contributed by atoms with Crippen molar-refractivity contribution in [2.45, 2.75) is 51.2 Å². The fraction of sp³-hybridized carbons (Fsp3) is 0.519. The van der Waals surface area contributed by atoms with Crippen molar-refractivity contribution < 1.29 is 48.6 Å². The summed E-state index contributed by atoms with van der Waals surface area (Å²) in [5, 5.41) is 12.9. The Labute approximate surface area is 245 Å². The summed E-state index contributed by atoms with van der Waals surface area (Å²) in [5.74, 6) is -0.0331. The van der Waals surface area contributed by atoms with E-state index in [0.29, 0.717) is 22.4 Å². The summed E-state index contributed by atoms with van der Waals surface area (Å²) in [7, 11) is 0. The molecule has 2 saturated heterocycles. The number of hydrogen-bond donors (Lipinski definition) is 0. The van der Waals surface area contributed by atoms with E-state index in [1.54, 1.807) is 18.2 Å². The Morgan fingerprint density at radius 1 is 1.06 bits per heavy atom. The van der Waals surface area contributed by atoms with E-state index >= 15 is 0 Å². The Morgan fingerprint density at radius 2 is 1.69 bits per heavy atom. The molecule has 0 N–H and O–H groups in total. The van der Waals surface area contributed by atoms with Gasteiger partial charge in [0.25, 0.3) is 0 Å². The number of hydrogen-bond acceptors (Lipinski definition) is 5. The molecule has 5 nitrogen and oxygen atoms in total. The Kier molecular flexibility index (Phi) is 11.4. The van der Waals surface area contributed by atoms with Crippen LogP contribution in [0.1, 0.15) is 36.8 Å². The predicted molar refractivity (Wildman–Crippen MR) is 134 cm³/mol. The van der Waals surface area contributed by atoms with Gasteiger partial charge in [-0.15, -0.1) is 0 Å². The molecule has 0 amide bonds.